The van der Waals surface area contributed by atoms with Crippen molar-refractivity contribution in [3.05, 3.63) is 34.9 Å². The average molecular weight is 246 g/mol. The van der Waals surface area contributed by atoms with Crippen LogP contribution in [0.4, 0.5) is 0 Å². The molecule has 0 bridgehead atoms. The Morgan fingerprint density at radius 3 is 2.67 bits per heavy atom. The Hall–Kier alpha value is -0.860. The van der Waals surface area contributed by atoms with Gasteiger partial charge in [0.25, 0.3) is 0 Å². The molecule has 100 valence electrons. The lowest BCUT2D eigenvalue weighted by atomic mass is 9.92. The summed E-state index contributed by atoms with van der Waals surface area (Å²) in [5, 5.41) is 3.43. The van der Waals surface area contributed by atoms with E-state index in [-0.39, 0.29) is 5.54 Å². The molecule has 0 aromatic heterocycles. The van der Waals surface area contributed by atoms with E-state index in [4.69, 9.17) is 5.73 Å². The molecule has 1 unspecified atom stereocenters. The van der Waals surface area contributed by atoms with Crippen molar-refractivity contribution in [3.63, 3.8) is 0 Å². The Morgan fingerprint density at radius 2 is 2.00 bits per heavy atom. The highest BCUT2D eigenvalue weighted by Gasteiger charge is 2.18. The molecule has 0 heterocycles. The molecule has 2 heteroatoms. The van der Waals surface area contributed by atoms with E-state index in [9.17, 15) is 0 Å². The van der Waals surface area contributed by atoms with Crippen molar-refractivity contribution in [1.29, 1.82) is 0 Å². The molecule has 0 fully saturated rings. The summed E-state index contributed by atoms with van der Waals surface area (Å²) in [4.78, 5) is 0. The summed E-state index contributed by atoms with van der Waals surface area (Å²) in [6, 6.07) is 7.43. The van der Waals surface area contributed by atoms with Gasteiger partial charge in [0.1, 0.15) is 0 Å². The van der Waals surface area contributed by atoms with Gasteiger partial charge in [-0.05, 0) is 69.7 Å². The van der Waals surface area contributed by atoms with E-state index in [1.54, 1.807) is 11.1 Å². The highest BCUT2D eigenvalue weighted by Crippen LogP contribution is 2.27. The van der Waals surface area contributed by atoms with Crippen LogP contribution >= 0.6 is 0 Å². The zero-order valence-corrected chi connectivity index (χ0v) is 11.9. The SMILES string of the molecule is CNC(CCC(C)(C)N)c1ccc2c(c1)CCC2. The zero-order valence-electron chi connectivity index (χ0n) is 11.9. The van der Waals surface area contributed by atoms with E-state index in [1.165, 1.54) is 24.8 Å². The first-order valence-electron chi connectivity index (χ1n) is 7.07. The summed E-state index contributed by atoms with van der Waals surface area (Å²) < 4.78 is 0. The number of fused-ring (bicyclic) bond motifs is 1. The monoisotopic (exact) mass is 246 g/mol. The molecule has 0 aliphatic heterocycles. The molecule has 1 aliphatic carbocycles. The zero-order chi connectivity index (χ0) is 13.2. The van der Waals surface area contributed by atoms with Crippen molar-refractivity contribution in [2.45, 2.75) is 57.5 Å². The van der Waals surface area contributed by atoms with Crippen molar-refractivity contribution in [2.75, 3.05) is 7.05 Å². The number of nitrogens with one attached hydrogen (secondary N) is 1. The smallest absolute Gasteiger partial charge is 0.0318 e. The van der Waals surface area contributed by atoms with E-state index in [0.29, 0.717) is 6.04 Å². The Bertz CT molecular complexity index is 404. The quantitative estimate of drug-likeness (QED) is 0.838. The van der Waals surface area contributed by atoms with Gasteiger partial charge in [-0.2, -0.15) is 0 Å². The molecule has 3 N–H and O–H groups in total. The summed E-state index contributed by atoms with van der Waals surface area (Å²) in [5.41, 5.74) is 10.5. The van der Waals surface area contributed by atoms with Gasteiger partial charge in [-0.1, -0.05) is 18.2 Å². The molecule has 0 saturated carbocycles. The van der Waals surface area contributed by atoms with Crippen molar-refractivity contribution < 1.29 is 0 Å². The predicted octanol–water partition coefficient (Wildman–Crippen LogP) is 2.95. The molecule has 0 amide bonds. The van der Waals surface area contributed by atoms with E-state index >= 15 is 0 Å². The number of hydrogen-bond acceptors (Lipinski definition) is 2. The molecular weight excluding hydrogens is 220 g/mol. The lowest BCUT2D eigenvalue weighted by Gasteiger charge is -2.23. The largest absolute Gasteiger partial charge is 0.326 e. The highest BCUT2D eigenvalue weighted by molar-refractivity contribution is 5.36. The van der Waals surface area contributed by atoms with Crippen LogP contribution in [0, 0.1) is 0 Å². The Morgan fingerprint density at radius 1 is 1.28 bits per heavy atom. The highest BCUT2D eigenvalue weighted by atomic mass is 14.9. The first-order valence-corrected chi connectivity index (χ1v) is 7.07. The van der Waals surface area contributed by atoms with Crippen LogP contribution in [0.25, 0.3) is 0 Å². The van der Waals surface area contributed by atoms with Gasteiger partial charge in [0, 0.05) is 11.6 Å². The van der Waals surface area contributed by atoms with E-state index in [1.807, 2.05) is 7.05 Å². The normalized spacial score (nSPS) is 16.7. The Labute approximate surface area is 111 Å². The molecule has 1 aromatic carbocycles. The van der Waals surface area contributed by atoms with Crippen LogP contribution in [-0.4, -0.2) is 12.6 Å². The van der Waals surface area contributed by atoms with Crippen LogP contribution in [0.15, 0.2) is 18.2 Å². The first kappa shape index (κ1) is 13.6. The molecule has 0 radical (unpaired) electrons. The molecule has 1 atom stereocenters. The predicted molar refractivity (Wildman–Crippen MR) is 77.8 cm³/mol. The molecule has 1 aliphatic rings. The standard InChI is InChI=1S/C16H26N2/c1-16(2,17)10-9-15(18-3)14-8-7-12-5-4-6-13(12)11-14/h7-8,11,15,18H,4-6,9-10,17H2,1-3H3. The Kier molecular flexibility index (Phi) is 4.08. The molecule has 2 nitrogen and oxygen atoms in total. The van der Waals surface area contributed by atoms with Crippen molar-refractivity contribution in [3.8, 4) is 0 Å². The van der Waals surface area contributed by atoms with Crippen LogP contribution in [-0.2, 0) is 12.8 Å². The van der Waals surface area contributed by atoms with Gasteiger partial charge < -0.3 is 11.1 Å². The van der Waals surface area contributed by atoms with Crippen LogP contribution < -0.4 is 11.1 Å². The first-order chi connectivity index (χ1) is 8.49. The van der Waals surface area contributed by atoms with E-state index in [2.05, 4.69) is 37.4 Å². The summed E-state index contributed by atoms with van der Waals surface area (Å²) in [6.07, 6.45) is 5.96. The third kappa shape index (κ3) is 3.33. The minimum Gasteiger partial charge on any atom is -0.326 e. The number of aryl methyl sites for hydroxylation is 2. The van der Waals surface area contributed by atoms with Crippen molar-refractivity contribution in [2.24, 2.45) is 5.73 Å². The summed E-state index contributed by atoms with van der Waals surface area (Å²) in [5.74, 6) is 0. The van der Waals surface area contributed by atoms with Gasteiger partial charge in [-0.15, -0.1) is 0 Å². The maximum Gasteiger partial charge on any atom is 0.0318 e. The third-order valence-electron chi connectivity index (χ3n) is 3.95. The fourth-order valence-electron chi connectivity index (χ4n) is 2.80. The second-order valence-electron chi connectivity index (χ2n) is 6.25. The second kappa shape index (κ2) is 5.41. The average Bonchev–Trinajstić information content (AvgIpc) is 2.75. The van der Waals surface area contributed by atoms with Crippen LogP contribution in [0.2, 0.25) is 0 Å². The van der Waals surface area contributed by atoms with Crippen molar-refractivity contribution >= 4 is 0 Å². The van der Waals surface area contributed by atoms with Crippen LogP contribution in [0.3, 0.4) is 0 Å². The van der Waals surface area contributed by atoms with Gasteiger partial charge in [0.05, 0.1) is 0 Å². The fourth-order valence-corrected chi connectivity index (χ4v) is 2.80. The molecule has 1 aromatic rings. The molecule has 0 spiro atoms. The molecule has 2 rings (SSSR count). The van der Waals surface area contributed by atoms with Gasteiger partial charge in [0.15, 0.2) is 0 Å². The topological polar surface area (TPSA) is 38.0 Å². The molecule has 0 saturated heterocycles. The minimum atomic E-state index is -0.0776. The third-order valence-corrected chi connectivity index (χ3v) is 3.95. The van der Waals surface area contributed by atoms with E-state index in [0.717, 1.165) is 12.8 Å². The number of nitrogens with two attached hydrogens (primary N) is 1. The van der Waals surface area contributed by atoms with Gasteiger partial charge >= 0.3 is 0 Å². The van der Waals surface area contributed by atoms with Crippen LogP contribution in [0.5, 0.6) is 0 Å². The lowest BCUT2D eigenvalue weighted by molar-refractivity contribution is 0.411. The van der Waals surface area contributed by atoms with Crippen molar-refractivity contribution in [1.82, 2.24) is 5.32 Å². The Balaban J connectivity index is 2.08. The number of benzene rings is 1. The lowest BCUT2D eigenvalue weighted by Crippen LogP contribution is -2.33. The van der Waals surface area contributed by atoms with E-state index < -0.39 is 0 Å². The maximum absolute atomic E-state index is 6.08. The molecular formula is C16H26N2. The summed E-state index contributed by atoms with van der Waals surface area (Å²) >= 11 is 0. The second-order valence-corrected chi connectivity index (χ2v) is 6.25. The number of hydrogen-bond donors (Lipinski definition) is 2. The van der Waals surface area contributed by atoms with Crippen LogP contribution in [0.1, 0.15) is 55.8 Å². The minimum absolute atomic E-state index is 0.0776. The fraction of sp³-hybridized carbons (Fsp3) is 0.625. The van der Waals surface area contributed by atoms with Gasteiger partial charge in [-0.3, -0.25) is 0 Å². The molecule has 18 heavy (non-hydrogen) atoms. The summed E-state index contributed by atoms with van der Waals surface area (Å²) in [6.45, 7) is 4.20. The van der Waals surface area contributed by atoms with Gasteiger partial charge in [-0.25, -0.2) is 0 Å². The number of rotatable bonds is 5. The summed E-state index contributed by atoms with van der Waals surface area (Å²) in [7, 11) is 2.04. The maximum atomic E-state index is 6.08. The van der Waals surface area contributed by atoms with Gasteiger partial charge in [0.2, 0.25) is 0 Å².